The Morgan fingerprint density at radius 3 is 2.79 bits per heavy atom. The molecule has 2 N–H and O–H groups in total. The summed E-state index contributed by atoms with van der Waals surface area (Å²) in [4.78, 5) is 14.4. The van der Waals surface area contributed by atoms with Crippen LogP contribution < -0.4 is 0 Å². The highest BCUT2D eigenvalue weighted by molar-refractivity contribution is 5.85. The molecule has 24 heavy (non-hydrogen) atoms. The molecule has 1 amide bonds. The first-order chi connectivity index (χ1) is 11.5. The maximum Gasteiger partial charge on any atom is 0.287 e. The minimum Gasteiger partial charge on any atom is -0.389 e. The minimum absolute atomic E-state index is 0.0442. The molecule has 1 aliphatic carbocycles. The molecule has 5 aliphatic rings. The Balaban J connectivity index is 1.67. The standard InChI is InChI=1S/C17H21NO6/c19-12-1-3-15(21)9-14(20)18-4-2-11-10-24-17(22-5-6-23-17)8-13(11)16(15,18)7-12/h1,3,12,19,21H,2,4-10H2/t12-,15-,16+/m0/s1. The van der Waals surface area contributed by atoms with Crippen LogP contribution in [0.5, 0.6) is 0 Å². The molecule has 2 spiro atoms. The molecule has 4 heterocycles. The minimum atomic E-state index is -1.30. The lowest BCUT2D eigenvalue weighted by Gasteiger charge is -2.55. The predicted octanol–water partition coefficient (Wildman–Crippen LogP) is -0.169. The van der Waals surface area contributed by atoms with Crippen LogP contribution in [0, 0.1) is 0 Å². The maximum absolute atomic E-state index is 12.6. The van der Waals surface area contributed by atoms with Gasteiger partial charge in [0.25, 0.3) is 5.97 Å². The molecule has 0 aromatic heterocycles. The van der Waals surface area contributed by atoms with Crippen LogP contribution in [0.1, 0.15) is 25.7 Å². The monoisotopic (exact) mass is 335 g/mol. The zero-order valence-electron chi connectivity index (χ0n) is 13.4. The van der Waals surface area contributed by atoms with Crippen molar-refractivity contribution in [3.8, 4) is 0 Å². The van der Waals surface area contributed by atoms with Crippen molar-refractivity contribution < 1.29 is 29.2 Å². The van der Waals surface area contributed by atoms with E-state index in [1.807, 2.05) is 0 Å². The molecule has 0 radical (unpaired) electrons. The molecule has 0 aromatic carbocycles. The molecule has 0 unspecified atom stereocenters. The quantitative estimate of drug-likeness (QED) is 0.598. The third-order valence-corrected chi connectivity index (χ3v) is 6.15. The molecule has 7 heteroatoms. The van der Waals surface area contributed by atoms with Crippen LogP contribution >= 0.6 is 0 Å². The van der Waals surface area contributed by atoms with Crippen molar-refractivity contribution in [1.82, 2.24) is 4.90 Å². The number of carbonyl (C=O) groups excluding carboxylic acids is 1. The van der Waals surface area contributed by atoms with E-state index < -0.39 is 23.2 Å². The average Bonchev–Trinajstić information content (AvgIpc) is 3.09. The zero-order valence-corrected chi connectivity index (χ0v) is 13.4. The zero-order chi connectivity index (χ0) is 16.6. The second-order valence-corrected chi connectivity index (χ2v) is 7.31. The predicted molar refractivity (Wildman–Crippen MR) is 80.6 cm³/mol. The highest BCUT2D eigenvalue weighted by Crippen LogP contribution is 2.56. The van der Waals surface area contributed by atoms with E-state index in [9.17, 15) is 15.0 Å². The number of aliphatic hydroxyl groups is 2. The van der Waals surface area contributed by atoms with Crippen LogP contribution in [0.3, 0.4) is 0 Å². The summed E-state index contributed by atoms with van der Waals surface area (Å²) in [6, 6.07) is 0. The van der Waals surface area contributed by atoms with Gasteiger partial charge in [-0.25, -0.2) is 0 Å². The molecular formula is C17H21NO6. The smallest absolute Gasteiger partial charge is 0.287 e. The molecule has 2 fully saturated rings. The third kappa shape index (κ3) is 1.71. The van der Waals surface area contributed by atoms with Gasteiger partial charge in [0.1, 0.15) is 11.1 Å². The molecule has 3 atom stereocenters. The summed E-state index contributed by atoms with van der Waals surface area (Å²) >= 11 is 0. The van der Waals surface area contributed by atoms with Gasteiger partial charge in [0.05, 0.1) is 38.8 Å². The molecule has 5 rings (SSSR count). The van der Waals surface area contributed by atoms with Gasteiger partial charge in [0.2, 0.25) is 5.91 Å². The van der Waals surface area contributed by atoms with Gasteiger partial charge in [-0.05, 0) is 17.6 Å². The summed E-state index contributed by atoms with van der Waals surface area (Å²) in [5.74, 6) is -1.19. The van der Waals surface area contributed by atoms with Crippen molar-refractivity contribution in [2.75, 3.05) is 26.4 Å². The first kappa shape index (κ1) is 15.0. The van der Waals surface area contributed by atoms with Gasteiger partial charge >= 0.3 is 0 Å². The average molecular weight is 335 g/mol. The van der Waals surface area contributed by atoms with E-state index >= 15 is 0 Å². The number of carbonyl (C=O) groups is 1. The fraction of sp³-hybridized carbons (Fsp3) is 0.706. The fourth-order valence-electron chi connectivity index (χ4n) is 5.11. The maximum atomic E-state index is 12.6. The van der Waals surface area contributed by atoms with Crippen LogP contribution in [-0.4, -0.2) is 70.6 Å². The molecular weight excluding hydrogens is 314 g/mol. The lowest BCUT2D eigenvalue weighted by molar-refractivity contribution is -0.333. The molecule has 0 saturated carbocycles. The second kappa shape index (κ2) is 4.68. The Hall–Kier alpha value is -1.25. The van der Waals surface area contributed by atoms with Gasteiger partial charge < -0.3 is 29.3 Å². The third-order valence-electron chi connectivity index (χ3n) is 6.15. The summed E-state index contributed by atoms with van der Waals surface area (Å²) in [5, 5.41) is 21.6. The van der Waals surface area contributed by atoms with Crippen molar-refractivity contribution in [3.63, 3.8) is 0 Å². The fourth-order valence-corrected chi connectivity index (χ4v) is 5.11. The van der Waals surface area contributed by atoms with E-state index in [1.54, 1.807) is 17.1 Å². The van der Waals surface area contributed by atoms with Crippen molar-refractivity contribution >= 4 is 5.91 Å². The van der Waals surface area contributed by atoms with Crippen molar-refractivity contribution in [2.45, 2.75) is 48.9 Å². The summed E-state index contributed by atoms with van der Waals surface area (Å²) in [6.07, 6.45) is 3.91. The van der Waals surface area contributed by atoms with E-state index in [4.69, 9.17) is 14.2 Å². The van der Waals surface area contributed by atoms with Gasteiger partial charge in [0, 0.05) is 13.0 Å². The molecule has 0 bridgehead atoms. The summed E-state index contributed by atoms with van der Waals surface area (Å²) in [6.45, 7) is 1.84. The SMILES string of the molecule is O=C1C[C@@]2(O)C=C[C@H](O)C[C@@]23C2=C(CCN13)COC1(C2)OCCO1. The lowest BCUT2D eigenvalue weighted by Crippen LogP contribution is -2.65. The van der Waals surface area contributed by atoms with Gasteiger partial charge in [-0.3, -0.25) is 4.79 Å². The van der Waals surface area contributed by atoms with E-state index in [2.05, 4.69) is 0 Å². The highest BCUT2D eigenvalue weighted by Gasteiger charge is 2.67. The number of nitrogens with zero attached hydrogens (tertiary/aromatic N) is 1. The summed E-state index contributed by atoms with van der Waals surface area (Å²) < 4.78 is 17.2. The first-order valence-corrected chi connectivity index (χ1v) is 8.52. The summed E-state index contributed by atoms with van der Waals surface area (Å²) in [5.41, 5.74) is -0.190. The topological polar surface area (TPSA) is 88.5 Å². The number of hydrogen-bond acceptors (Lipinski definition) is 6. The van der Waals surface area contributed by atoms with Crippen molar-refractivity contribution in [3.05, 3.63) is 23.3 Å². The number of rotatable bonds is 0. The Bertz CT molecular complexity index is 666. The molecule has 2 saturated heterocycles. The second-order valence-electron chi connectivity index (χ2n) is 7.31. The highest BCUT2D eigenvalue weighted by atomic mass is 16.9. The van der Waals surface area contributed by atoms with Gasteiger partial charge in [-0.15, -0.1) is 0 Å². The normalized spacial score (nSPS) is 43.2. The van der Waals surface area contributed by atoms with Crippen LogP contribution in [0.15, 0.2) is 23.3 Å². The first-order valence-electron chi connectivity index (χ1n) is 8.52. The van der Waals surface area contributed by atoms with Gasteiger partial charge in [-0.2, -0.15) is 0 Å². The Labute approximate surface area is 139 Å². The van der Waals surface area contributed by atoms with Crippen molar-refractivity contribution in [1.29, 1.82) is 0 Å². The Kier molecular flexibility index (Phi) is 2.93. The van der Waals surface area contributed by atoms with Crippen LogP contribution in [-0.2, 0) is 19.0 Å². The van der Waals surface area contributed by atoms with Crippen LogP contribution in [0.4, 0.5) is 0 Å². The molecule has 4 aliphatic heterocycles. The number of amides is 1. The van der Waals surface area contributed by atoms with Crippen molar-refractivity contribution in [2.24, 2.45) is 0 Å². The van der Waals surface area contributed by atoms with Crippen LogP contribution in [0.2, 0.25) is 0 Å². The number of aliphatic hydroxyl groups excluding tert-OH is 1. The van der Waals surface area contributed by atoms with Gasteiger partial charge in [0.15, 0.2) is 0 Å². The number of hydrogen-bond donors (Lipinski definition) is 2. The van der Waals surface area contributed by atoms with E-state index in [0.717, 1.165) is 17.6 Å². The Morgan fingerprint density at radius 2 is 2.00 bits per heavy atom. The van der Waals surface area contributed by atoms with Gasteiger partial charge in [-0.1, -0.05) is 12.2 Å². The lowest BCUT2D eigenvalue weighted by atomic mass is 9.64. The van der Waals surface area contributed by atoms with Crippen LogP contribution in [0.25, 0.3) is 0 Å². The Morgan fingerprint density at radius 1 is 1.21 bits per heavy atom. The number of ether oxygens (including phenoxy) is 3. The molecule has 0 aromatic rings. The molecule has 130 valence electrons. The van der Waals surface area contributed by atoms with E-state index in [1.165, 1.54) is 0 Å². The van der Waals surface area contributed by atoms with E-state index in [-0.39, 0.29) is 12.3 Å². The summed E-state index contributed by atoms with van der Waals surface area (Å²) in [7, 11) is 0. The van der Waals surface area contributed by atoms with E-state index in [0.29, 0.717) is 39.2 Å². The molecule has 7 nitrogen and oxygen atoms in total. The largest absolute Gasteiger partial charge is 0.389 e.